The van der Waals surface area contributed by atoms with Gasteiger partial charge in [0.25, 0.3) is 0 Å². The number of likely N-dealkylation sites (tertiary alicyclic amines) is 1. The second kappa shape index (κ2) is 4.87. The van der Waals surface area contributed by atoms with Crippen LogP contribution in [0.25, 0.3) is 0 Å². The molecular formula is C13H26N2S. The van der Waals surface area contributed by atoms with Crippen molar-refractivity contribution in [1.29, 1.82) is 0 Å². The number of thioether (sulfide) groups is 1. The predicted molar refractivity (Wildman–Crippen MR) is 72.8 cm³/mol. The highest BCUT2D eigenvalue weighted by atomic mass is 32.2. The average molecular weight is 242 g/mol. The fourth-order valence-corrected chi connectivity index (χ4v) is 4.82. The molecule has 2 N–H and O–H groups in total. The van der Waals surface area contributed by atoms with Crippen LogP contribution in [-0.4, -0.2) is 41.1 Å². The molecule has 3 heteroatoms. The Morgan fingerprint density at radius 3 is 2.69 bits per heavy atom. The Labute approximate surface area is 104 Å². The highest BCUT2D eigenvalue weighted by Crippen LogP contribution is 2.42. The molecule has 0 aromatic carbocycles. The van der Waals surface area contributed by atoms with Crippen LogP contribution < -0.4 is 5.73 Å². The second-order valence-electron chi connectivity index (χ2n) is 5.81. The van der Waals surface area contributed by atoms with E-state index >= 15 is 0 Å². The monoisotopic (exact) mass is 242 g/mol. The first kappa shape index (κ1) is 12.7. The third-order valence-electron chi connectivity index (χ3n) is 4.81. The van der Waals surface area contributed by atoms with Gasteiger partial charge in [0.05, 0.1) is 0 Å². The lowest BCUT2D eigenvalue weighted by Gasteiger charge is -2.41. The van der Waals surface area contributed by atoms with Gasteiger partial charge in [-0.25, -0.2) is 0 Å². The van der Waals surface area contributed by atoms with E-state index in [-0.39, 0.29) is 0 Å². The molecule has 2 saturated heterocycles. The highest BCUT2D eigenvalue weighted by molar-refractivity contribution is 8.00. The normalized spacial score (nSPS) is 41.1. The molecule has 2 fully saturated rings. The lowest BCUT2D eigenvalue weighted by molar-refractivity contribution is 0.119. The number of rotatable bonds is 3. The zero-order valence-electron chi connectivity index (χ0n) is 10.9. The number of hydrogen-bond acceptors (Lipinski definition) is 3. The summed E-state index contributed by atoms with van der Waals surface area (Å²) in [5.74, 6) is 3.01. The van der Waals surface area contributed by atoms with Gasteiger partial charge in [-0.05, 0) is 37.0 Å². The molecule has 0 aromatic heterocycles. The van der Waals surface area contributed by atoms with Gasteiger partial charge in [-0.3, -0.25) is 4.90 Å². The number of hydrogen-bond donors (Lipinski definition) is 1. The summed E-state index contributed by atoms with van der Waals surface area (Å²) >= 11 is 2.10. The largest absolute Gasteiger partial charge is 0.329 e. The summed E-state index contributed by atoms with van der Waals surface area (Å²) in [7, 11) is 0. The molecule has 0 aliphatic carbocycles. The van der Waals surface area contributed by atoms with Crippen LogP contribution in [0.15, 0.2) is 0 Å². The fraction of sp³-hybridized carbons (Fsp3) is 1.00. The summed E-state index contributed by atoms with van der Waals surface area (Å²) in [6.45, 7) is 10.5. The molecule has 3 unspecified atom stereocenters. The zero-order chi connectivity index (χ0) is 11.8. The molecule has 0 aromatic rings. The van der Waals surface area contributed by atoms with Gasteiger partial charge in [-0.2, -0.15) is 11.8 Å². The van der Waals surface area contributed by atoms with Gasteiger partial charge in [-0.1, -0.05) is 20.8 Å². The van der Waals surface area contributed by atoms with Gasteiger partial charge in [-0.15, -0.1) is 0 Å². The Morgan fingerprint density at radius 1 is 1.50 bits per heavy atom. The standard InChI is InChI=1S/C13H26N2S/c1-10(2)12-4-6-15(8-12)13(9-14)5-7-16-11(13)3/h10-12H,4-9,14H2,1-3H3. The van der Waals surface area contributed by atoms with Crippen LogP contribution >= 0.6 is 11.8 Å². The molecule has 2 aliphatic heterocycles. The molecule has 3 atom stereocenters. The third-order valence-corrected chi connectivity index (χ3v) is 6.19. The van der Waals surface area contributed by atoms with Gasteiger partial charge in [0, 0.05) is 23.9 Å². The summed E-state index contributed by atoms with van der Waals surface area (Å²) in [6, 6.07) is 0. The Balaban J connectivity index is 2.06. The van der Waals surface area contributed by atoms with E-state index in [4.69, 9.17) is 5.73 Å². The van der Waals surface area contributed by atoms with E-state index in [0.29, 0.717) is 10.8 Å². The maximum atomic E-state index is 6.11. The SMILES string of the molecule is CC(C)C1CCN(C2(CN)CCSC2C)C1. The van der Waals surface area contributed by atoms with Crippen molar-refractivity contribution in [3.63, 3.8) is 0 Å². The quantitative estimate of drug-likeness (QED) is 0.822. The molecule has 2 rings (SSSR count). The molecule has 0 spiro atoms. The second-order valence-corrected chi connectivity index (χ2v) is 7.26. The Kier molecular flexibility index (Phi) is 3.87. The third kappa shape index (κ3) is 2.02. The molecule has 2 nitrogen and oxygen atoms in total. The minimum absolute atomic E-state index is 0.314. The van der Waals surface area contributed by atoms with Crippen molar-refractivity contribution in [2.75, 3.05) is 25.4 Å². The van der Waals surface area contributed by atoms with Crippen LogP contribution in [0.3, 0.4) is 0 Å². The van der Waals surface area contributed by atoms with Crippen molar-refractivity contribution in [3.05, 3.63) is 0 Å². The van der Waals surface area contributed by atoms with E-state index < -0.39 is 0 Å². The van der Waals surface area contributed by atoms with E-state index in [1.54, 1.807) is 0 Å². The maximum Gasteiger partial charge on any atom is 0.0455 e. The number of nitrogens with zero attached hydrogens (tertiary/aromatic N) is 1. The summed E-state index contributed by atoms with van der Waals surface area (Å²) in [5, 5.41) is 0.711. The van der Waals surface area contributed by atoms with E-state index in [9.17, 15) is 0 Å². The molecule has 0 saturated carbocycles. The zero-order valence-corrected chi connectivity index (χ0v) is 11.7. The van der Waals surface area contributed by atoms with Gasteiger partial charge in [0.15, 0.2) is 0 Å². The summed E-state index contributed by atoms with van der Waals surface area (Å²) < 4.78 is 0. The molecule has 0 amide bonds. The molecule has 2 heterocycles. The van der Waals surface area contributed by atoms with Gasteiger partial charge >= 0.3 is 0 Å². The van der Waals surface area contributed by atoms with Gasteiger partial charge < -0.3 is 5.73 Å². The van der Waals surface area contributed by atoms with E-state index in [1.807, 2.05) is 0 Å². The smallest absolute Gasteiger partial charge is 0.0455 e. The average Bonchev–Trinajstić information content (AvgIpc) is 2.84. The number of nitrogens with two attached hydrogens (primary N) is 1. The maximum absolute atomic E-state index is 6.11. The van der Waals surface area contributed by atoms with Crippen molar-refractivity contribution >= 4 is 11.8 Å². The minimum atomic E-state index is 0.314. The molecular weight excluding hydrogens is 216 g/mol. The minimum Gasteiger partial charge on any atom is -0.329 e. The summed E-state index contributed by atoms with van der Waals surface area (Å²) in [4.78, 5) is 2.71. The fourth-order valence-electron chi connectivity index (χ4n) is 3.32. The van der Waals surface area contributed by atoms with Crippen LogP contribution in [0.5, 0.6) is 0 Å². The van der Waals surface area contributed by atoms with Crippen LogP contribution in [0, 0.1) is 11.8 Å². The van der Waals surface area contributed by atoms with Crippen molar-refractivity contribution < 1.29 is 0 Å². The predicted octanol–water partition coefficient (Wildman–Crippen LogP) is 2.19. The Morgan fingerprint density at radius 2 is 2.25 bits per heavy atom. The van der Waals surface area contributed by atoms with Crippen molar-refractivity contribution in [2.24, 2.45) is 17.6 Å². The van der Waals surface area contributed by atoms with E-state index in [2.05, 4.69) is 37.4 Å². The van der Waals surface area contributed by atoms with E-state index in [0.717, 1.165) is 18.4 Å². The first-order valence-corrected chi connectivity index (χ1v) is 7.72. The Hall–Kier alpha value is 0.270. The first-order chi connectivity index (χ1) is 7.60. The van der Waals surface area contributed by atoms with Crippen LogP contribution in [-0.2, 0) is 0 Å². The summed E-state index contributed by atoms with van der Waals surface area (Å²) in [6.07, 6.45) is 2.66. The summed E-state index contributed by atoms with van der Waals surface area (Å²) in [5.41, 5.74) is 6.42. The molecule has 2 aliphatic rings. The molecule has 0 bridgehead atoms. The molecule has 94 valence electrons. The van der Waals surface area contributed by atoms with Crippen LogP contribution in [0.4, 0.5) is 0 Å². The molecule has 0 radical (unpaired) electrons. The van der Waals surface area contributed by atoms with Gasteiger partial charge in [0.1, 0.15) is 0 Å². The van der Waals surface area contributed by atoms with Crippen molar-refractivity contribution in [3.8, 4) is 0 Å². The van der Waals surface area contributed by atoms with E-state index in [1.165, 1.54) is 31.7 Å². The lowest BCUT2D eigenvalue weighted by atomic mass is 9.90. The Bertz CT molecular complexity index is 244. The van der Waals surface area contributed by atoms with Crippen LogP contribution in [0.2, 0.25) is 0 Å². The highest BCUT2D eigenvalue weighted by Gasteiger charge is 2.46. The van der Waals surface area contributed by atoms with Crippen LogP contribution in [0.1, 0.15) is 33.6 Å². The molecule has 16 heavy (non-hydrogen) atoms. The topological polar surface area (TPSA) is 29.3 Å². The first-order valence-electron chi connectivity index (χ1n) is 6.67. The van der Waals surface area contributed by atoms with Crippen molar-refractivity contribution in [1.82, 2.24) is 4.90 Å². The van der Waals surface area contributed by atoms with Crippen molar-refractivity contribution in [2.45, 2.75) is 44.4 Å². The van der Waals surface area contributed by atoms with Gasteiger partial charge in [0.2, 0.25) is 0 Å². The lowest BCUT2D eigenvalue weighted by Crippen LogP contribution is -2.56.